The van der Waals surface area contributed by atoms with Gasteiger partial charge in [0.05, 0.1) is 6.04 Å². The monoisotopic (exact) mass is 341 g/mol. The summed E-state index contributed by atoms with van der Waals surface area (Å²) in [5, 5.41) is 11.3. The molecule has 124 valence electrons. The number of carbonyl (C=O) groups is 1. The Morgan fingerprint density at radius 2 is 2.29 bits per heavy atom. The molecule has 24 heavy (non-hydrogen) atoms. The maximum Gasteiger partial charge on any atom is 0.220 e. The fourth-order valence-corrected chi connectivity index (χ4v) is 3.18. The van der Waals surface area contributed by atoms with Gasteiger partial charge in [-0.3, -0.25) is 14.5 Å². The summed E-state index contributed by atoms with van der Waals surface area (Å²) in [5.74, 6) is 0.0409. The topological polar surface area (TPSA) is 72.7 Å². The number of nitrogens with one attached hydrogen (secondary N) is 1. The average molecular weight is 341 g/mol. The van der Waals surface area contributed by atoms with Gasteiger partial charge >= 0.3 is 0 Å². The van der Waals surface area contributed by atoms with E-state index in [1.165, 1.54) is 11.9 Å². The van der Waals surface area contributed by atoms with Gasteiger partial charge in [0, 0.05) is 25.4 Å². The number of amides is 1. The lowest BCUT2D eigenvalue weighted by atomic mass is 10.0. The van der Waals surface area contributed by atoms with Crippen molar-refractivity contribution in [2.24, 2.45) is 0 Å². The fourth-order valence-electron chi connectivity index (χ4n) is 2.50. The van der Waals surface area contributed by atoms with Gasteiger partial charge in [0.1, 0.15) is 12.7 Å². The Kier molecular flexibility index (Phi) is 5.68. The number of thiophene rings is 1. The molecule has 0 radical (unpaired) electrons. The van der Waals surface area contributed by atoms with Crippen LogP contribution in [0.25, 0.3) is 0 Å². The normalized spacial score (nSPS) is 12.0. The minimum absolute atomic E-state index is 0.0409. The second-order valence-electron chi connectivity index (χ2n) is 5.50. The smallest absolute Gasteiger partial charge is 0.220 e. The molecular weight excluding hydrogens is 322 g/mol. The molecule has 0 bridgehead atoms. The largest absolute Gasteiger partial charge is 0.349 e. The molecule has 3 aromatic rings. The van der Waals surface area contributed by atoms with Crippen LogP contribution in [0.5, 0.6) is 0 Å². The van der Waals surface area contributed by atoms with E-state index in [1.54, 1.807) is 28.5 Å². The second-order valence-corrected chi connectivity index (χ2v) is 6.28. The van der Waals surface area contributed by atoms with Crippen LogP contribution in [0.15, 0.2) is 54.0 Å². The Hall–Kier alpha value is -2.54. The predicted octanol–water partition coefficient (Wildman–Crippen LogP) is 2.62. The number of carbonyl (C=O) groups excluding carboxylic acids is 1. The van der Waals surface area contributed by atoms with E-state index < -0.39 is 0 Å². The Labute approximate surface area is 144 Å². The van der Waals surface area contributed by atoms with Crippen molar-refractivity contribution >= 4 is 17.2 Å². The van der Waals surface area contributed by atoms with E-state index in [2.05, 4.69) is 37.2 Å². The van der Waals surface area contributed by atoms with E-state index in [0.29, 0.717) is 13.0 Å². The molecule has 0 fully saturated rings. The van der Waals surface area contributed by atoms with Crippen LogP contribution in [0.1, 0.15) is 30.0 Å². The van der Waals surface area contributed by atoms with Gasteiger partial charge < -0.3 is 5.32 Å². The van der Waals surface area contributed by atoms with Gasteiger partial charge in [-0.1, -0.05) is 6.07 Å². The molecule has 6 nitrogen and oxygen atoms in total. The molecule has 0 saturated carbocycles. The molecule has 3 rings (SSSR count). The van der Waals surface area contributed by atoms with Gasteiger partial charge in [0.15, 0.2) is 0 Å². The summed E-state index contributed by atoms with van der Waals surface area (Å²) in [7, 11) is 0. The molecule has 3 heterocycles. The van der Waals surface area contributed by atoms with Gasteiger partial charge in [-0.15, -0.1) is 0 Å². The zero-order chi connectivity index (χ0) is 16.6. The highest BCUT2D eigenvalue weighted by atomic mass is 32.1. The number of rotatable bonds is 8. The molecule has 0 aromatic carbocycles. The minimum atomic E-state index is -0.0628. The molecule has 0 saturated heterocycles. The number of nitrogens with zero attached hydrogens (tertiary/aromatic N) is 4. The van der Waals surface area contributed by atoms with Crippen molar-refractivity contribution in [1.82, 2.24) is 25.1 Å². The number of pyridine rings is 1. The van der Waals surface area contributed by atoms with Crippen LogP contribution in [0.3, 0.4) is 0 Å². The Morgan fingerprint density at radius 1 is 1.33 bits per heavy atom. The molecule has 0 spiro atoms. The third kappa shape index (κ3) is 4.73. The summed E-state index contributed by atoms with van der Waals surface area (Å²) in [5.41, 5.74) is 2.24. The van der Waals surface area contributed by atoms with E-state index in [0.717, 1.165) is 18.4 Å². The lowest BCUT2D eigenvalue weighted by Gasteiger charge is -2.18. The van der Waals surface area contributed by atoms with Crippen LogP contribution in [-0.4, -0.2) is 25.7 Å². The summed E-state index contributed by atoms with van der Waals surface area (Å²) in [4.78, 5) is 20.4. The van der Waals surface area contributed by atoms with E-state index in [4.69, 9.17) is 0 Å². The van der Waals surface area contributed by atoms with Crippen molar-refractivity contribution in [1.29, 1.82) is 0 Å². The lowest BCUT2D eigenvalue weighted by Crippen LogP contribution is -2.30. The predicted molar refractivity (Wildman–Crippen MR) is 92.4 cm³/mol. The van der Waals surface area contributed by atoms with Gasteiger partial charge in [-0.25, -0.2) is 4.98 Å². The number of aromatic nitrogens is 4. The summed E-state index contributed by atoms with van der Waals surface area (Å²) in [6.45, 7) is 0.690. The van der Waals surface area contributed by atoms with Crippen molar-refractivity contribution in [2.75, 3.05) is 0 Å². The Bertz CT molecular complexity index is 728. The van der Waals surface area contributed by atoms with Crippen molar-refractivity contribution < 1.29 is 4.79 Å². The first-order valence-electron chi connectivity index (χ1n) is 7.84. The molecular formula is C17H19N5OS. The van der Waals surface area contributed by atoms with Crippen LogP contribution in [-0.2, 0) is 17.8 Å². The molecule has 1 amide bonds. The van der Waals surface area contributed by atoms with E-state index in [1.807, 2.05) is 18.3 Å². The molecule has 0 aliphatic rings. The van der Waals surface area contributed by atoms with Crippen LogP contribution in [0.4, 0.5) is 0 Å². The van der Waals surface area contributed by atoms with E-state index in [9.17, 15) is 4.79 Å². The van der Waals surface area contributed by atoms with Crippen molar-refractivity contribution in [2.45, 2.75) is 31.8 Å². The third-order valence-electron chi connectivity index (χ3n) is 3.70. The molecule has 0 aliphatic heterocycles. The zero-order valence-corrected chi connectivity index (χ0v) is 14.0. The SMILES string of the molecule is O=C(CCCn1cncn1)N[C@@H](Cc1ccsc1)c1cccnc1. The molecule has 0 aliphatic carbocycles. The van der Waals surface area contributed by atoms with Gasteiger partial charge in [-0.05, 0) is 46.9 Å². The van der Waals surface area contributed by atoms with Gasteiger partial charge in [0.25, 0.3) is 0 Å². The molecule has 1 N–H and O–H groups in total. The van der Waals surface area contributed by atoms with E-state index >= 15 is 0 Å². The zero-order valence-electron chi connectivity index (χ0n) is 13.2. The molecule has 1 atom stereocenters. The minimum Gasteiger partial charge on any atom is -0.349 e. The van der Waals surface area contributed by atoms with Crippen LogP contribution < -0.4 is 5.32 Å². The first-order valence-corrected chi connectivity index (χ1v) is 8.78. The maximum absolute atomic E-state index is 12.3. The quantitative estimate of drug-likeness (QED) is 0.683. The summed E-state index contributed by atoms with van der Waals surface area (Å²) in [6, 6.07) is 5.92. The van der Waals surface area contributed by atoms with Crippen LogP contribution in [0.2, 0.25) is 0 Å². The highest BCUT2D eigenvalue weighted by Gasteiger charge is 2.15. The molecule has 3 aromatic heterocycles. The summed E-state index contributed by atoms with van der Waals surface area (Å²) in [6.07, 6.45) is 8.67. The first kappa shape index (κ1) is 16.3. The van der Waals surface area contributed by atoms with Crippen molar-refractivity contribution in [3.8, 4) is 0 Å². The Balaban J connectivity index is 1.57. The summed E-state index contributed by atoms with van der Waals surface area (Å²) >= 11 is 1.66. The van der Waals surface area contributed by atoms with E-state index in [-0.39, 0.29) is 11.9 Å². The second kappa shape index (κ2) is 8.35. The first-order chi connectivity index (χ1) is 11.8. The van der Waals surface area contributed by atoms with Gasteiger partial charge in [0.2, 0.25) is 5.91 Å². The number of hydrogen-bond acceptors (Lipinski definition) is 5. The molecule has 0 unspecified atom stereocenters. The number of aryl methyl sites for hydroxylation is 1. The Morgan fingerprint density at radius 3 is 3.00 bits per heavy atom. The van der Waals surface area contributed by atoms with Crippen molar-refractivity contribution in [3.63, 3.8) is 0 Å². The molecule has 7 heteroatoms. The van der Waals surface area contributed by atoms with Crippen LogP contribution in [0, 0.1) is 0 Å². The maximum atomic E-state index is 12.3. The highest BCUT2D eigenvalue weighted by molar-refractivity contribution is 7.07. The highest BCUT2D eigenvalue weighted by Crippen LogP contribution is 2.19. The summed E-state index contributed by atoms with van der Waals surface area (Å²) < 4.78 is 1.73. The average Bonchev–Trinajstić information content (AvgIpc) is 3.29. The van der Waals surface area contributed by atoms with Crippen LogP contribution >= 0.6 is 11.3 Å². The third-order valence-corrected chi connectivity index (χ3v) is 4.43. The van der Waals surface area contributed by atoms with Crippen molar-refractivity contribution in [3.05, 3.63) is 65.1 Å². The fraction of sp³-hybridized carbons (Fsp3) is 0.294. The van der Waals surface area contributed by atoms with Gasteiger partial charge in [-0.2, -0.15) is 16.4 Å². The number of hydrogen-bond donors (Lipinski definition) is 1. The standard InChI is InChI=1S/C17H19N5OS/c23-17(4-2-7-22-13-19-12-20-22)21-16(9-14-5-8-24-11-14)15-3-1-6-18-10-15/h1,3,5-6,8,10-13,16H,2,4,7,9H2,(H,21,23)/t16-/m0/s1. The lowest BCUT2D eigenvalue weighted by molar-refractivity contribution is -0.122.